The van der Waals surface area contributed by atoms with Crippen molar-refractivity contribution < 1.29 is 19.2 Å². The van der Waals surface area contributed by atoms with Crippen LogP contribution in [0.1, 0.15) is 22.8 Å². The summed E-state index contributed by atoms with van der Waals surface area (Å²) in [4.78, 5) is 39.5. The van der Waals surface area contributed by atoms with E-state index in [1.165, 1.54) is 43.4 Å². The Balaban J connectivity index is 1.66. The molecule has 9 heteroatoms. The number of rotatable bonds is 6. The minimum Gasteiger partial charge on any atom is -0.449 e. The van der Waals surface area contributed by atoms with Crippen molar-refractivity contribution in [3.63, 3.8) is 0 Å². The van der Waals surface area contributed by atoms with Crippen LogP contribution >= 0.6 is 11.3 Å². The predicted octanol–water partition coefficient (Wildman–Crippen LogP) is 4.21. The summed E-state index contributed by atoms with van der Waals surface area (Å²) >= 11 is 1.25. The fourth-order valence-electron chi connectivity index (χ4n) is 2.60. The molecule has 3 rings (SSSR count). The molecule has 1 heterocycles. The second-order valence-corrected chi connectivity index (χ2v) is 7.01. The lowest BCUT2D eigenvalue weighted by Gasteiger charge is -2.13. The van der Waals surface area contributed by atoms with E-state index in [0.29, 0.717) is 5.13 Å². The maximum absolute atomic E-state index is 12.4. The Kier molecular flexibility index (Phi) is 5.99. The van der Waals surface area contributed by atoms with Crippen LogP contribution in [0.2, 0.25) is 0 Å². The van der Waals surface area contributed by atoms with Gasteiger partial charge in [0, 0.05) is 22.6 Å². The molecule has 0 saturated carbocycles. The summed E-state index contributed by atoms with van der Waals surface area (Å²) in [5, 5.41) is 15.8. The van der Waals surface area contributed by atoms with Crippen molar-refractivity contribution in [3.8, 4) is 11.3 Å². The van der Waals surface area contributed by atoms with E-state index in [0.717, 1.165) is 11.3 Å². The van der Waals surface area contributed by atoms with Crippen molar-refractivity contribution in [1.82, 2.24) is 4.98 Å². The summed E-state index contributed by atoms with van der Waals surface area (Å²) in [6.07, 6.45) is -1.11. The first-order valence-electron chi connectivity index (χ1n) is 8.63. The van der Waals surface area contributed by atoms with Crippen LogP contribution in [0.4, 0.5) is 10.8 Å². The van der Waals surface area contributed by atoms with E-state index in [1.54, 1.807) is 0 Å². The molecule has 0 saturated heterocycles. The molecule has 148 valence electrons. The number of nitrogens with one attached hydrogen (secondary N) is 1. The predicted molar refractivity (Wildman–Crippen MR) is 109 cm³/mol. The summed E-state index contributed by atoms with van der Waals surface area (Å²) in [5.41, 5.74) is 1.68. The first-order valence-corrected chi connectivity index (χ1v) is 9.51. The number of hydrogen-bond acceptors (Lipinski definition) is 7. The van der Waals surface area contributed by atoms with Gasteiger partial charge in [-0.25, -0.2) is 9.78 Å². The number of carbonyl (C=O) groups is 2. The zero-order valence-corrected chi connectivity index (χ0v) is 16.4. The second-order valence-electron chi connectivity index (χ2n) is 6.15. The molecule has 0 spiro atoms. The van der Waals surface area contributed by atoms with E-state index in [-0.39, 0.29) is 16.8 Å². The molecule has 1 amide bonds. The molecule has 0 radical (unpaired) electrons. The molecule has 1 N–H and O–H groups in total. The zero-order valence-electron chi connectivity index (χ0n) is 15.6. The maximum Gasteiger partial charge on any atom is 0.339 e. The van der Waals surface area contributed by atoms with Crippen LogP contribution in [-0.2, 0) is 9.53 Å². The third-order valence-corrected chi connectivity index (χ3v) is 4.94. The normalized spacial score (nSPS) is 11.5. The van der Waals surface area contributed by atoms with Gasteiger partial charge in [-0.2, -0.15) is 0 Å². The van der Waals surface area contributed by atoms with E-state index in [2.05, 4.69) is 10.3 Å². The topological polar surface area (TPSA) is 111 Å². The Morgan fingerprint density at radius 2 is 1.90 bits per heavy atom. The molecule has 3 aromatic rings. The van der Waals surface area contributed by atoms with Crippen LogP contribution in [0.3, 0.4) is 0 Å². The number of amides is 1. The molecule has 0 bridgehead atoms. The first kappa shape index (κ1) is 20.2. The van der Waals surface area contributed by atoms with E-state index in [4.69, 9.17) is 4.74 Å². The number of carbonyl (C=O) groups excluding carboxylic acids is 2. The molecule has 0 fully saturated rings. The van der Waals surface area contributed by atoms with Gasteiger partial charge in [0.1, 0.15) is 0 Å². The molecule has 0 aliphatic rings. The molecule has 0 unspecified atom stereocenters. The van der Waals surface area contributed by atoms with E-state index in [9.17, 15) is 19.7 Å². The number of benzene rings is 2. The minimum absolute atomic E-state index is 0.0412. The maximum atomic E-state index is 12.4. The quantitative estimate of drug-likeness (QED) is 0.369. The van der Waals surface area contributed by atoms with Gasteiger partial charge in [0.15, 0.2) is 11.2 Å². The lowest BCUT2D eigenvalue weighted by Crippen LogP contribution is -2.30. The highest BCUT2D eigenvalue weighted by atomic mass is 32.1. The molecule has 1 aromatic heterocycles. The average molecular weight is 411 g/mol. The van der Waals surface area contributed by atoms with Crippen LogP contribution in [0.15, 0.2) is 53.9 Å². The summed E-state index contributed by atoms with van der Waals surface area (Å²) in [7, 11) is 0. The van der Waals surface area contributed by atoms with Gasteiger partial charge in [-0.05, 0) is 19.9 Å². The van der Waals surface area contributed by atoms with Gasteiger partial charge in [-0.1, -0.05) is 36.4 Å². The van der Waals surface area contributed by atoms with Crippen LogP contribution in [0.5, 0.6) is 0 Å². The van der Waals surface area contributed by atoms with Gasteiger partial charge in [-0.15, -0.1) is 11.3 Å². The van der Waals surface area contributed by atoms with Gasteiger partial charge < -0.3 is 4.74 Å². The SMILES string of the molecule is Cc1c(C(=O)O[C@@H](C)C(=O)Nc2nc(-c3ccccc3)cs2)cccc1[N+](=O)[O-]. The van der Waals surface area contributed by atoms with Gasteiger partial charge in [0.2, 0.25) is 0 Å². The number of esters is 1. The molecular formula is C20H17N3O5S. The zero-order chi connectivity index (χ0) is 21.0. The van der Waals surface area contributed by atoms with Crippen molar-refractivity contribution in [2.45, 2.75) is 20.0 Å². The summed E-state index contributed by atoms with van der Waals surface area (Å²) < 4.78 is 5.18. The Morgan fingerprint density at radius 3 is 2.59 bits per heavy atom. The summed E-state index contributed by atoms with van der Waals surface area (Å²) in [6, 6.07) is 13.6. The van der Waals surface area contributed by atoms with E-state index >= 15 is 0 Å². The fourth-order valence-corrected chi connectivity index (χ4v) is 3.32. The van der Waals surface area contributed by atoms with Crippen LogP contribution < -0.4 is 5.32 Å². The van der Waals surface area contributed by atoms with E-state index in [1.807, 2.05) is 35.7 Å². The van der Waals surface area contributed by atoms with E-state index < -0.39 is 22.9 Å². The standard InChI is InChI=1S/C20H17N3O5S/c1-12-15(9-6-10-17(12)23(26)27)19(25)28-13(2)18(24)22-20-21-16(11-29-20)14-7-4-3-5-8-14/h3-11,13H,1-2H3,(H,21,22,24)/t13-/m0/s1. The number of hydrogen-bond donors (Lipinski definition) is 1. The van der Waals surface area contributed by atoms with Gasteiger partial charge in [-0.3, -0.25) is 20.2 Å². The second kappa shape index (κ2) is 8.61. The molecule has 0 aliphatic carbocycles. The van der Waals surface area contributed by atoms with Crippen molar-refractivity contribution >= 4 is 34.0 Å². The third kappa shape index (κ3) is 4.64. The minimum atomic E-state index is -1.11. The van der Waals surface area contributed by atoms with Crippen LogP contribution in [0, 0.1) is 17.0 Å². The first-order chi connectivity index (χ1) is 13.9. The number of nitrogens with zero attached hydrogens (tertiary/aromatic N) is 2. The number of aromatic nitrogens is 1. The lowest BCUT2D eigenvalue weighted by atomic mass is 10.1. The van der Waals surface area contributed by atoms with Gasteiger partial charge in [0.05, 0.1) is 16.2 Å². The molecule has 2 aromatic carbocycles. The summed E-state index contributed by atoms with van der Waals surface area (Å²) in [6.45, 7) is 2.88. The fraction of sp³-hybridized carbons (Fsp3) is 0.150. The number of ether oxygens (including phenoxy) is 1. The monoisotopic (exact) mass is 411 g/mol. The third-order valence-electron chi connectivity index (χ3n) is 4.18. The molecule has 0 aliphatic heterocycles. The molecular weight excluding hydrogens is 394 g/mol. The van der Waals surface area contributed by atoms with Crippen molar-refractivity contribution in [3.05, 3.63) is 75.2 Å². The van der Waals surface area contributed by atoms with Crippen molar-refractivity contribution in [2.75, 3.05) is 5.32 Å². The highest BCUT2D eigenvalue weighted by molar-refractivity contribution is 7.14. The highest BCUT2D eigenvalue weighted by Crippen LogP contribution is 2.25. The van der Waals surface area contributed by atoms with Crippen LogP contribution in [-0.4, -0.2) is 27.9 Å². The van der Waals surface area contributed by atoms with Gasteiger partial charge >= 0.3 is 5.97 Å². The van der Waals surface area contributed by atoms with Crippen molar-refractivity contribution in [2.24, 2.45) is 0 Å². The molecule has 1 atom stereocenters. The van der Waals surface area contributed by atoms with Crippen LogP contribution in [0.25, 0.3) is 11.3 Å². The largest absolute Gasteiger partial charge is 0.449 e. The molecule has 8 nitrogen and oxygen atoms in total. The summed E-state index contributed by atoms with van der Waals surface area (Å²) in [5.74, 6) is -1.35. The number of thiazole rings is 1. The van der Waals surface area contributed by atoms with Crippen molar-refractivity contribution in [1.29, 1.82) is 0 Å². The Labute approximate surface area is 170 Å². The average Bonchev–Trinajstić information content (AvgIpc) is 3.17. The number of nitro benzene ring substituents is 1. The number of anilines is 1. The van der Waals surface area contributed by atoms with Gasteiger partial charge in [0.25, 0.3) is 11.6 Å². The Morgan fingerprint density at radius 1 is 1.17 bits per heavy atom. The highest BCUT2D eigenvalue weighted by Gasteiger charge is 2.24. The smallest absolute Gasteiger partial charge is 0.339 e. The Hall–Kier alpha value is -3.59. The number of nitro groups is 1. The Bertz CT molecular complexity index is 1060. The lowest BCUT2D eigenvalue weighted by molar-refractivity contribution is -0.385. The molecule has 29 heavy (non-hydrogen) atoms.